The summed E-state index contributed by atoms with van der Waals surface area (Å²) in [5, 5.41) is 0. The molecule has 0 aromatic rings. The highest BCUT2D eigenvalue weighted by atomic mass is 16.1. The molecule has 2 heteroatoms. The lowest BCUT2D eigenvalue weighted by molar-refractivity contribution is -0.122. The predicted molar refractivity (Wildman–Crippen MR) is 92.2 cm³/mol. The third-order valence-electron chi connectivity index (χ3n) is 2.37. The molecule has 0 saturated heterocycles. The van der Waals surface area contributed by atoms with Gasteiger partial charge in [-0.05, 0) is 13.8 Å². The van der Waals surface area contributed by atoms with Crippen LogP contribution in [0.2, 0.25) is 0 Å². The van der Waals surface area contributed by atoms with Crippen LogP contribution in [0.5, 0.6) is 0 Å². The fraction of sp³-hybridized carbons (Fsp3) is 0.263. The molecule has 0 spiro atoms. The molecule has 0 aliphatic carbocycles. The first-order valence-corrected chi connectivity index (χ1v) is 7.07. The minimum atomic E-state index is -0.251. The summed E-state index contributed by atoms with van der Waals surface area (Å²) >= 11 is 0. The molecule has 0 N–H and O–H groups in total. The van der Waals surface area contributed by atoms with Gasteiger partial charge in [0.25, 0.3) is 0 Å². The van der Waals surface area contributed by atoms with Gasteiger partial charge in [-0.1, -0.05) is 75.6 Å². The highest BCUT2D eigenvalue weighted by Crippen LogP contribution is 2.08. The van der Waals surface area contributed by atoms with Crippen LogP contribution in [0, 0.1) is 0 Å². The van der Waals surface area contributed by atoms with Crippen LogP contribution in [0.4, 0.5) is 0 Å². The van der Waals surface area contributed by atoms with Crippen molar-refractivity contribution in [3.05, 3.63) is 72.9 Å². The van der Waals surface area contributed by atoms with Gasteiger partial charge in [0.2, 0.25) is 0 Å². The molecule has 2 nitrogen and oxygen atoms in total. The molecule has 114 valence electrons. The van der Waals surface area contributed by atoms with E-state index in [9.17, 15) is 9.59 Å². The average Bonchev–Trinajstić information content (AvgIpc) is 2.50. The Kier molecular flexibility index (Phi) is 14.3. The second-order valence-corrected chi connectivity index (χ2v) is 3.71. The lowest BCUT2D eigenvalue weighted by Gasteiger charge is -2.01. The number of carbonyl (C=O) groups excluding carboxylic acids is 2. The number of carbonyl (C=O) groups is 2. The number of ketones is 2. The molecule has 0 aliphatic rings. The van der Waals surface area contributed by atoms with Crippen LogP contribution in [-0.2, 0) is 9.59 Å². The van der Waals surface area contributed by atoms with Crippen LogP contribution < -0.4 is 0 Å². The third-order valence-corrected chi connectivity index (χ3v) is 2.37. The largest absolute Gasteiger partial charge is 0.294 e. The van der Waals surface area contributed by atoms with Crippen molar-refractivity contribution in [1.82, 2.24) is 0 Å². The van der Waals surface area contributed by atoms with Gasteiger partial charge in [0.15, 0.2) is 11.6 Å². The van der Waals surface area contributed by atoms with E-state index in [0.717, 1.165) is 0 Å². The van der Waals surface area contributed by atoms with Crippen LogP contribution in [0.3, 0.4) is 0 Å². The van der Waals surface area contributed by atoms with E-state index < -0.39 is 0 Å². The Morgan fingerprint density at radius 2 is 1.52 bits per heavy atom. The van der Waals surface area contributed by atoms with Gasteiger partial charge >= 0.3 is 0 Å². The molecule has 0 aliphatic heterocycles. The molecule has 0 saturated carbocycles. The van der Waals surface area contributed by atoms with Gasteiger partial charge in [-0.15, -0.1) is 0 Å². The second-order valence-electron chi connectivity index (χ2n) is 3.71. The zero-order valence-electron chi connectivity index (χ0n) is 13.6. The summed E-state index contributed by atoms with van der Waals surface area (Å²) in [5.74, 6) is -0.455. The first kappa shape index (κ1) is 21.1. The van der Waals surface area contributed by atoms with Crippen molar-refractivity contribution in [3.63, 3.8) is 0 Å². The summed E-state index contributed by atoms with van der Waals surface area (Å²) < 4.78 is 0. The number of rotatable bonds is 8. The molecule has 0 aromatic heterocycles. The summed E-state index contributed by atoms with van der Waals surface area (Å²) in [6.45, 7) is 14.7. The molecule has 0 heterocycles. The highest BCUT2D eigenvalue weighted by Gasteiger charge is 2.13. The first-order valence-electron chi connectivity index (χ1n) is 7.07. The van der Waals surface area contributed by atoms with Crippen molar-refractivity contribution in [3.8, 4) is 0 Å². The molecule has 0 fully saturated rings. The third kappa shape index (κ3) is 9.33. The van der Waals surface area contributed by atoms with Gasteiger partial charge < -0.3 is 0 Å². The second kappa shape index (κ2) is 14.2. The van der Waals surface area contributed by atoms with Gasteiger partial charge in [-0.3, -0.25) is 9.59 Å². The van der Waals surface area contributed by atoms with E-state index >= 15 is 0 Å². The van der Waals surface area contributed by atoms with Crippen molar-refractivity contribution < 1.29 is 9.59 Å². The standard InChI is InChI=1S/C17H20O2.C2H6/c1-5-9-10-12-15(8-4)17(19)13-16(18)14(7-3)11-6-2;1-2/h5-12H,2-3,13H2,1,4H3;1-2H3/b9-5-,12-10-,14-11+,15-8+;. The maximum absolute atomic E-state index is 12.0. The minimum absolute atomic E-state index is 0.161. The number of allylic oxidation sites excluding steroid dienone is 10. The van der Waals surface area contributed by atoms with Crippen molar-refractivity contribution in [2.75, 3.05) is 0 Å². The van der Waals surface area contributed by atoms with Gasteiger partial charge in [0.05, 0.1) is 6.42 Å². The fourth-order valence-electron chi connectivity index (χ4n) is 1.37. The van der Waals surface area contributed by atoms with Gasteiger partial charge in [0.1, 0.15) is 0 Å². The van der Waals surface area contributed by atoms with Crippen LogP contribution in [0.15, 0.2) is 72.9 Å². The summed E-state index contributed by atoms with van der Waals surface area (Å²) in [6.07, 6.45) is 13.2. The summed E-state index contributed by atoms with van der Waals surface area (Å²) in [7, 11) is 0. The topological polar surface area (TPSA) is 34.1 Å². The normalized spacial score (nSPS) is 12.0. The van der Waals surface area contributed by atoms with Crippen LogP contribution in [0.1, 0.15) is 34.1 Å². The lowest BCUT2D eigenvalue weighted by atomic mass is 10.0. The first-order chi connectivity index (χ1) is 10.1. The molecule has 0 amide bonds. The average molecular weight is 286 g/mol. The molecule has 0 atom stereocenters. The van der Waals surface area contributed by atoms with E-state index in [0.29, 0.717) is 11.1 Å². The number of Topliss-reactive ketones (excluding diaryl/α,β-unsaturated/α-hetero) is 2. The van der Waals surface area contributed by atoms with E-state index in [1.54, 1.807) is 31.2 Å². The summed E-state index contributed by atoms with van der Waals surface area (Å²) in [5.41, 5.74) is 0.921. The lowest BCUT2D eigenvalue weighted by Crippen LogP contribution is -2.10. The predicted octanol–water partition coefficient (Wildman–Crippen LogP) is 4.92. The molecule has 0 aromatic carbocycles. The number of hydrogen-bond acceptors (Lipinski definition) is 2. The molecule has 21 heavy (non-hydrogen) atoms. The SMILES string of the molecule is C=C/C=C(\C=C)C(=O)CC(=O)C(/C=C\C=C/C)=C/C.CC. The zero-order valence-corrected chi connectivity index (χ0v) is 13.6. The van der Waals surface area contributed by atoms with Crippen molar-refractivity contribution in [2.45, 2.75) is 34.1 Å². The van der Waals surface area contributed by atoms with Crippen molar-refractivity contribution in [2.24, 2.45) is 0 Å². The minimum Gasteiger partial charge on any atom is -0.294 e. The van der Waals surface area contributed by atoms with Gasteiger partial charge in [-0.25, -0.2) is 0 Å². The molecule has 0 rings (SSSR count). The monoisotopic (exact) mass is 286 g/mol. The van der Waals surface area contributed by atoms with E-state index in [-0.39, 0.29) is 18.0 Å². The highest BCUT2D eigenvalue weighted by molar-refractivity contribution is 6.14. The Morgan fingerprint density at radius 3 is 1.95 bits per heavy atom. The Morgan fingerprint density at radius 1 is 0.952 bits per heavy atom. The van der Waals surface area contributed by atoms with E-state index in [1.807, 2.05) is 32.9 Å². The van der Waals surface area contributed by atoms with Crippen LogP contribution >= 0.6 is 0 Å². The molecule has 0 radical (unpaired) electrons. The van der Waals surface area contributed by atoms with Crippen molar-refractivity contribution >= 4 is 11.6 Å². The Balaban J connectivity index is 0. The summed E-state index contributed by atoms with van der Waals surface area (Å²) in [6, 6.07) is 0. The maximum Gasteiger partial charge on any atom is 0.170 e. The quantitative estimate of drug-likeness (QED) is 0.360. The summed E-state index contributed by atoms with van der Waals surface area (Å²) in [4.78, 5) is 23.8. The molecule has 0 unspecified atom stereocenters. The number of hydrogen-bond donors (Lipinski definition) is 0. The molecular weight excluding hydrogens is 260 g/mol. The maximum atomic E-state index is 12.0. The van der Waals surface area contributed by atoms with Crippen molar-refractivity contribution in [1.29, 1.82) is 0 Å². The Bertz CT molecular complexity index is 472. The van der Waals surface area contributed by atoms with Crippen LogP contribution in [0.25, 0.3) is 0 Å². The Hall–Kier alpha value is -2.22. The smallest absolute Gasteiger partial charge is 0.170 e. The van der Waals surface area contributed by atoms with Gasteiger partial charge in [-0.2, -0.15) is 0 Å². The molecular formula is C19H26O2. The fourth-order valence-corrected chi connectivity index (χ4v) is 1.37. The van der Waals surface area contributed by atoms with Gasteiger partial charge in [0, 0.05) is 11.1 Å². The molecule has 0 bridgehead atoms. The Labute approximate surface area is 128 Å². The van der Waals surface area contributed by atoms with E-state index in [4.69, 9.17) is 0 Å². The van der Waals surface area contributed by atoms with E-state index in [2.05, 4.69) is 13.2 Å². The van der Waals surface area contributed by atoms with E-state index in [1.165, 1.54) is 12.2 Å². The van der Waals surface area contributed by atoms with Crippen LogP contribution in [-0.4, -0.2) is 11.6 Å². The zero-order chi connectivity index (χ0) is 16.7.